The fourth-order valence-electron chi connectivity index (χ4n) is 3.31. The summed E-state index contributed by atoms with van der Waals surface area (Å²) in [6, 6.07) is 9.74. The quantitative estimate of drug-likeness (QED) is 0.0856. The van der Waals surface area contributed by atoms with Crippen molar-refractivity contribution in [1.82, 2.24) is 4.98 Å². The minimum atomic E-state index is -0.455. The van der Waals surface area contributed by atoms with E-state index in [0.29, 0.717) is 16.3 Å². The highest BCUT2D eigenvalue weighted by atomic mass is 127. The number of hydrogen-bond donors (Lipinski definition) is 2. The van der Waals surface area contributed by atoms with E-state index in [0.717, 1.165) is 20.0 Å². The fraction of sp³-hybridized carbons (Fsp3) is 0.333. The molecular weight excluding hydrogens is 680 g/mol. The van der Waals surface area contributed by atoms with Gasteiger partial charge in [0.05, 0.1) is 4.92 Å². The Labute approximate surface area is 229 Å². The highest BCUT2D eigenvalue weighted by molar-refractivity contribution is 14.1. The van der Waals surface area contributed by atoms with E-state index < -0.39 is 4.92 Å². The lowest BCUT2D eigenvalue weighted by molar-refractivity contribution is -0.384. The smallest absolute Gasteiger partial charge is 0.275 e. The van der Waals surface area contributed by atoms with Crippen molar-refractivity contribution in [2.24, 2.45) is 0 Å². The van der Waals surface area contributed by atoms with E-state index in [1.54, 1.807) is 17.5 Å². The van der Waals surface area contributed by atoms with E-state index in [1.165, 1.54) is 23.5 Å². The largest absolute Gasteiger partial charge is 0.507 e. The molecule has 0 radical (unpaired) electrons. The molecule has 0 atom stereocenters. The summed E-state index contributed by atoms with van der Waals surface area (Å²) in [4.78, 5) is 27.9. The summed E-state index contributed by atoms with van der Waals surface area (Å²) < 4.78 is 1.59. The van der Waals surface area contributed by atoms with Crippen molar-refractivity contribution in [1.29, 1.82) is 0 Å². The highest BCUT2D eigenvalue weighted by Gasteiger charge is 2.31. The first-order chi connectivity index (χ1) is 15.9. The van der Waals surface area contributed by atoms with Crippen LogP contribution in [0.4, 0.5) is 11.4 Å². The van der Waals surface area contributed by atoms with Crippen molar-refractivity contribution in [2.45, 2.75) is 38.5 Å². The lowest BCUT2D eigenvalue weighted by Gasteiger charge is -2.30. The molecule has 3 rings (SSSR count). The predicted octanol–water partition coefficient (Wildman–Crippen LogP) is 7.10. The summed E-state index contributed by atoms with van der Waals surface area (Å²) >= 11 is 5.91. The van der Waals surface area contributed by atoms with Gasteiger partial charge in [-0.25, -0.2) is 4.98 Å². The number of carbonyl (C=O) groups excluding carboxylic acids is 1. The number of nitro groups is 1. The number of aromatic hydroxyl groups is 1. The van der Waals surface area contributed by atoms with E-state index >= 15 is 0 Å². The van der Waals surface area contributed by atoms with Crippen LogP contribution >= 0.6 is 56.5 Å². The predicted molar refractivity (Wildman–Crippen MR) is 154 cm³/mol. The Morgan fingerprint density at radius 2 is 1.62 bits per heavy atom. The third-order valence-corrected chi connectivity index (χ3v) is 10.3. The molecule has 34 heavy (non-hydrogen) atoms. The van der Waals surface area contributed by atoms with Crippen molar-refractivity contribution in [3.8, 4) is 16.3 Å². The summed E-state index contributed by atoms with van der Waals surface area (Å²) in [6.45, 7) is 8.27. The number of nitrogens with zero attached hydrogens (tertiary/aromatic N) is 2. The first kappa shape index (κ1) is 26.8. The molecule has 0 saturated heterocycles. The maximum absolute atomic E-state index is 13.0. The number of phenolic OH excluding ortho intramolecular Hbond substituents is 1. The van der Waals surface area contributed by atoms with Crippen LogP contribution in [-0.2, 0) is 10.8 Å². The topological polar surface area (TPSA) is 105 Å². The summed E-state index contributed by atoms with van der Waals surface area (Å²) in [5, 5.41) is 27.2. The molecule has 0 fully saturated rings. The maximum atomic E-state index is 13.0. The number of aromatic nitrogens is 1. The monoisotopic (exact) mass is 705 g/mol. The molecule has 0 spiro atoms. The van der Waals surface area contributed by atoms with Gasteiger partial charge in [0.15, 0.2) is 0 Å². The Hall–Kier alpha value is -1.80. The van der Waals surface area contributed by atoms with Gasteiger partial charge >= 0.3 is 0 Å². The third-order valence-electron chi connectivity index (χ3n) is 5.56. The van der Waals surface area contributed by atoms with Gasteiger partial charge in [-0.05, 0) is 24.3 Å². The van der Waals surface area contributed by atoms with Crippen LogP contribution in [0.3, 0.4) is 0 Å². The second kappa shape index (κ2) is 10.4. The van der Waals surface area contributed by atoms with Crippen LogP contribution in [0.15, 0.2) is 41.8 Å². The molecule has 180 valence electrons. The van der Waals surface area contributed by atoms with Crippen molar-refractivity contribution in [3.63, 3.8) is 0 Å². The normalized spacial score (nSPS) is 11.9. The van der Waals surface area contributed by atoms with Crippen LogP contribution < -0.4 is 5.32 Å². The number of non-ortho nitro benzene ring substituents is 1. The first-order valence-electron chi connectivity index (χ1n) is 10.4. The number of thiazole rings is 1. The van der Waals surface area contributed by atoms with Crippen LogP contribution in [0.5, 0.6) is 5.75 Å². The van der Waals surface area contributed by atoms with Crippen molar-refractivity contribution in [3.05, 3.63) is 68.7 Å². The minimum Gasteiger partial charge on any atom is -0.507 e. The fourth-order valence-corrected chi connectivity index (χ4v) is 4.94. The molecule has 0 saturated carbocycles. The molecule has 0 aliphatic heterocycles. The molecule has 2 N–H and O–H groups in total. The lowest BCUT2D eigenvalue weighted by atomic mass is 9.79. The van der Waals surface area contributed by atoms with Crippen LogP contribution in [0.1, 0.15) is 49.3 Å². The summed E-state index contributed by atoms with van der Waals surface area (Å²) in [5.41, 5.74) is 2.58. The van der Waals surface area contributed by atoms with E-state index in [4.69, 9.17) is 0 Å². The third kappa shape index (κ3) is 5.70. The van der Waals surface area contributed by atoms with Gasteiger partial charge in [0.2, 0.25) is 0 Å². The van der Waals surface area contributed by atoms with Gasteiger partial charge in [-0.2, -0.15) is 0 Å². The molecule has 1 heterocycles. The average Bonchev–Trinajstić information content (AvgIpc) is 3.30. The molecule has 2 aromatic carbocycles. The molecule has 1 amide bonds. The van der Waals surface area contributed by atoms with Crippen LogP contribution in [-0.4, -0.2) is 29.8 Å². The highest BCUT2D eigenvalue weighted by Crippen LogP contribution is 2.42. The zero-order chi connectivity index (χ0) is 25.3. The first-order valence-corrected chi connectivity index (χ1v) is 14.3. The molecule has 0 unspecified atom stereocenters. The summed E-state index contributed by atoms with van der Waals surface area (Å²) in [6.07, 6.45) is 0. The molecule has 10 heteroatoms. The number of hydrogen-bond acceptors (Lipinski definition) is 6. The molecule has 7 nitrogen and oxygen atoms in total. The number of rotatable bonds is 8. The molecule has 0 bridgehead atoms. The second-order valence-corrected chi connectivity index (χ2v) is 11.6. The maximum Gasteiger partial charge on any atom is 0.275 e. The number of phenols is 1. The Kier molecular flexibility index (Phi) is 8.23. The van der Waals surface area contributed by atoms with Gasteiger partial charge in [-0.1, -0.05) is 72.9 Å². The molecule has 3 aromatic rings. The second-order valence-electron chi connectivity index (χ2n) is 9.25. The van der Waals surface area contributed by atoms with Gasteiger partial charge in [-0.3, -0.25) is 14.9 Å². The van der Waals surface area contributed by atoms with Crippen molar-refractivity contribution < 1.29 is 14.8 Å². The van der Waals surface area contributed by atoms with Crippen LogP contribution in [0.2, 0.25) is 0 Å². The van der Waals surface area contributed by atoms with Gasteiger partial charge in [-0.15, -0.1) is 11.3 Å². The van der Waals surface area contributed by atoms with Gasteiger partial charge in [0.1, 0.15) is 16.5 Å². The van der Waals surface area contributed by atoms with E-state index in [9.17, 15) is 20.0 Å². The number of benzene rings is 2. The summed E-state index contributed by atoms with van der Waals surface area (Å²) in [5.74, 6) is -0.0815. The molecule has 1 aromatic heterocycles. The zero-order valence-electron chi connectivity index (χ0n) is 19.2. The van der Waals surface area contributed by atoms with E-state index in [-0.39, 0.29) is 33.9 Å². The van der Waals surface area contributed by atoms with Gasteiger partial charge < -0.3 is 10.4 Å². The van der Waals surface area contributed by atoms with Gasteiger partial charge in [0.25, 0.3) is 11.6 Å². The molecular formula is C24H25I2N3O4S. The Morgan fingerprint density at radius 1 is 1.09 bits per heavy atom. The summed E-state index contributed by atoms with van der Waals surface area (Å²) in [7, 11) is 0. The Bertz CT molecular complexity index is 1190. The number of carbonyl (C=O) groups is 1. The van der Waals surface area contributed by atoms with E-state index in [1.807, 2.05) is 12.1 Å². The molecule has 0 aliphatic carbocycles. The number of halogens is 2. The number of nitro benzene ring substituents is 1. The minimum absolute atomic E-state index is 0.000987. The SMILES string of the molecule is CC(C)(CI)c1cc(NC(=O)c2csc(-c3ccc([N+](=O)[O-])cc3)n2)cc(C(C)(C)CI)c1O. The average molecular weight is 705 g/mol. The number of anilines is 1. The number of alkyl halides is 2. The molecule has 0 aliphatic rings. The van der Waals surface area contributed by atoms with Crippen molar-refractivity contribution >= 4 is 73.8 Å². The Balaban J connectivity index is 1.93. The van der Waals surface area contributed by atoms with Crippen molar-refractivity contribution in [2.75, 3.05) is 14.2 Å². The van der Waals surface area contributed by atoms with Crippen LogP contribution in [0.25, 0.3) is 10.6 Å². The lowest BCUT2D eigenvalue weighted by Crippen LogP contribution is -2.24. The van der Waals surface area contributed by atoms with E-state index in [2.05, 4.69) is 83.2 Å². The Morgan fingerprint density at radius 3 is 2.09 bits per heavy atom. The number of amides is 1. The standard InChI is InChI=1S/C24H25I2N3O4S/c1-23(2,12-25)17-9-15(10-18(20(17)30)24(3,4)13-26)27-21(31)19-11-34-22(28-19)14-5-7-16(8-6-14)29(32)33/h5-11,30H,12-13H2,1-4H3,(H,27,31). The zero-order valence-corrected chi connectivity index (χ0v) is 24.3. The van der Waals surface area contributed by atoms with Crippen LogP contribution in [0, 0.1) is 10.1 Å². The van der Waals surface area contributed by atoms with Gasteiger partial charge in [0, 0.05) is 59.6 Å². The number of nitrogens with one attached hydrogen (secondary N) is 1.